The Morgan fingerprint density at radius 3 is 2.54 bits per heavy atom. The van der Waals surface area contributed by atoms with Gasteiger partial charge >= 0.3 is 5.82 Å². The quantitative estimate of drug-likeness (QED) is 0.492. The Bertz CT molecular complexity index is 333. The zero-order chi connectivity index (χ0) is 10.2. The highest BCUT2D eigenvalue weighted by molar-refractivity contribution is 9.10. The number of hydrogen-bond donors (Lipinski definition) is 3. The molecule has 0 spiro atoms. The molecule has 0 aliphatic carbocycles. The van der Waals surface area contributed by atoms with Crippen LogP contribution in [0.15, 0.2) is 16.7 Å². The van der Waals surface area contributed by atoms with Crippen molar-refractivity contribution in [1.29, 1.82) is 0 Å². The van der Waals surface area contributed by atoms with Gasteiger partial charge in [0, 0.05) is 0 Å². The van der Waals surface area contributed by atoms with Crippen LogP contribution in [0.4, 0.5) is 5.82 Å². The van der Waals surface area contributed by atoms with Gasteiger partial charge in [-0.25, -0.2) is 0 Å². The van der Waals surface area contributed by atoms with E-state index in [0.29, 0.717) is 11.4 Å². The molecular weight excluding hydrogens is 234 g/mol. The fraction of sp³-hybridized carbons (Fsp3) is 0.375. The Labute approximate surface area is 85.3 Å². The van der Waals surface area contributed by atoms with Gasteiger partial charge in [0.05, 0.1) is 15.6 Å². The van der Waals surface area contributed by atoms with Crippen LogP contribution in [0.1, 0.15) is 19.4 Å². The lowest BCUT2D eigenvalue weighted by molar-refractivity contribution is -0.625. The summed E-state index contributed by atoms with van der Waals surface area (Å²) in [4.78, 5) is 0. The lowest BCUT2D eigenvalue weighted by Gasteiger charge is -2.17. The van der Waals surface area contributed by atoms with Gasteiger partial charge in [-0.15, -0.1) is 4.68 Å². The van der Waals surface area contributed by atoms with Crippen LogP contribution in [0.25, 0.3) is 0 Å². The van der Waals surface area contributed by atoms with E-state index in [1.54, 1.807) is 26.1 Å². The van der Waals surface area contributed by atoms with Gasteiger partial charge in [-0.05, 0) is 35.8 Å². The standard InChI is InChI=1S/C8H12BrN3O/c1-8(2,13)6-3-5(9)4-12(11)7(6)10/h3-4,10,13H,11H2,1-2H3/p+1. The molecule has 0 amide bonds. The Kier molecular flexibility index (Phi) is 2.49. The molecule has 4 nitrogen and oxygen atoms in total. The van der Waals surface area contributed by atoms with Crippen LogP contribution in [-0.4, -0.2) is 5.11 Å². The van der Waals surface area contributed by atoms with Crippen molar-refractivity contribution in [2.45, 2.75) is 19.4 Å². The van der Waals surface area contributed by atoms with E-state index in [9.17, 15) is 5.11 Å². The summed E-state index contributed by atoms with van der Waals surface area (Å²) in [5.74, 6) is 5.93. The van der Waals surface area contributed by atoms with Crippen molar-refractivity contribution in [1.82, 2.24) is 0 Å². The second kappa shape index (κ2) is 3.16. The van der Waals surface area contributed by atoms with Crippen molar-refractivity contribution in [3.05, 3.63) is 22.3 Å². The van der Waals surface area contributed by atoms with Crippen LogP contribution >= 0.6 is 15.9 Å². The molecular formula is C8H13BrN3O+. The lowest BCUT2D eigenvalue weighted by atomic mass is 9.99. The number of nitrogens with zero attached hydrogens (tertiary/aromatic N) is 1. The van der Waals surface area contributed by atoms with Crippen LogP contribution in [0.3, 0.4) is 0 Å². The normalized spacial score (nSPS) is 11.7. The monoisotopic (exact) mass is 246 g/mol. The molecule has 0 saturated heterocycles. The van der Waals surface area contributed by atoms with E-state index >= 15 is 0 Å². The van der Waals surface area contributed by atoms with Gasteiger partial charge in [0.15, 0.2) is 0 Å². The predicted octanol–water partition coefficient (Wildman–Crippen LogP) is 0.260. The van der Waals surface area contributed by atoms with Gasteiger partial charge in [-0.3, -0.25) is 11.6 Å². The number of nitrogens with two attached hydrogens (primary N) is 2. The molecule has 0 unspecified atom stereocenters. The summed E-state index contributed by atoms with van der Waals surface area (Å²) in [5, 5.41) is 9.75. The third-order valence-electron chi connectivity index (χ3n) is 1.76. The average Bonchev–Trinajstić information content (AvgIpc) is 1.94. The van der Waals surface area contributed by atoms with E-state index in [0.717, 1.165) is 4.47 Å². The second-order valence-electron chi connectivity index (χ2n) is 3.42. The zero-order valence-corrected chi connectivity index (χ0v) is 9.17. The number of anilines is 1. The second-order valence-corrected chi connectivity index (χ2v) is 4.34. The molecule has 1 rings (SSSR count). The Hall–Kier alpha value is -0.810. The molecule has 0 aliphatic rings. The third-order valence-corrected chi connectivity index (χ3v) is 2.19. The van der Waals surface area contributed by atoms with Gasteiger partial charge in [-0.2, -0.15) is 0 Å². The van der Waals surface area contributed by atoms with Crippen molar-refractivity contribution in [3.8, 4) is 0 Å². The maximum Gasteiger partial charge on any atom is 0.301 e. The number of rotatable bonds is 1. The van der Waals surface area contributed by atoms with Crippen LogP contribution in [0, 0.1) is 0 Å². The maximum atomic E-state index is 9.75. The average molecular weight is 247 g/mol. The van der Waals surface area contributed by atoms with Gasteiger partial charge in [0.25, 0.3) is 0 Å². The smallest absolute Gasteiger partial charge is 0.301 e. The number of aliphatic hydroxyl groups is 1. The molecule has 72 valence electrons. The van der Waals surface area contributed by atoms with E-state index in [1.807, 2.05) is 0 Å². The summed E-state index contributed by atoms with van der Waals surface area (Å²) in [6.07, 6.45) is 1.63. The highest BCUT2D eigenvalue weighted by Crippen LogP contribution is 2.25. The fourth-order valence-corrected chi connectivity index (χ4v) is 1.53. The van der Waals surface area contributed by atoms with Crippen LogP contribution < -0.4 is 16.3 Å². The minimum Gasteiger partial charge on any atom is -0.385 e. The highest BCUT2D eigenvalue weighted by Gasteiger charge is 2.25. The number of halogens is 1. The molecule has 13 heavy (non-hydrogen) atoms. The number of aromatic nitrogens is 1. The van der Waals surface area contributed by atoms with Crippen LogP contribution in [0.5, 0.6) is 0 Å². The first kappa shape index (κ1) is 10.3. The van der Waals surface area contributed by atoms with Gasteiger partial charge < -0.3 is 5.11 Å². The Morgan fingerprint density at radius 2 is 2.08 bits per heavy atom. The van der Waals surface area contributed by atoms with Gasteiger partial charge in [0.1, 0.15) is 6.20 Å². The van der Waals surface area contributed by atoms with Crippen molar-refractivity contribution in [3.63, 3.8) is 0 Å². The molecule has 0 saturated carbocycles. The Morgan fingerprint density at radius 1 is 1.54 bits per heavy atom. The fourth-order valence-electron chi connectivity index (χ4n) is 1.08. The molecule has 0 aliphatic heterocycles. The molecule has 1 aromatic heterocycles. The third kappa shape index (κ3) is 2.10. The summed E-state index contributed by atoms with van der Waals surface area (Å²) in [7, 11) is 0. The molecule has 5 heteroatoms. The van der Waals surface area contributed by atoms with E-state index in [1.165, 1.54) is 4.68 Å². The maximum absolute atomic E-state index is 9.75. The van der Waals surface area contributed by atoms with Crippen LogP contribution in [0.2, 0.25) is 0 Å². The van der Waals surface area contributed by atoms with Crippen molar-refractivity contribution < 1.29 is 9.78 Å². The number of pyridine rings is 1. The van der Waals surface area contributed by atoms with E-state index in [-0.39, 0.29) is 0 Å². The van der Waals surface area contributed by atoms with E-state index in [2.05, 4.69) is 15.9 Å². The van der Waals surface area contributed by atoms with Crippen molar-refractivity contribution in [2.75, 3.05) is 11.6 Å². The van der Waals surface area contributed by atoms with Gasteiger partial charge in [-0.1, -0.05) is 0 Å². The minimum absolute atomic E-state index is 0.357. The van der Waals surface area contributed by atoms with Crippen LogP contribution in [-0.2, 0) is 5.60 Å². The predicted molar refractivity (Wildman–Crippen MR) is 54.1 cm³/mol. The zero-order valence-electron chi connectivity index (χ0n) is 7.58. The number of nitrogen functional groups attached to an aromatic ring is 2. The van der Waals surface area contributed by atoms with Gasteiger partial charge in [0.2, 0.25) is 0 Å². The first-order valence-corrected chi connectivity index (χ1v) is 4.60. The molecule has 0 atom stereocenters. The molecule has 0 aromatic carbocycles. The molecule has 1 heterocycles. The largest absolute Gasteiger partial charge is 0.385 e. The molecule has 0 fully saturated rings. The first-order chi connectivity index (χ1) is 5.82. The summed E-state index contributed by atoms with van der Waals surface area (Å²) < 4.78 is 2.05. The summed E-state index contributed by atoms with van der Waals surface area (Å²) in [5.41, 5.74) is 5.30. The Balaban J connectivity index is 3.37. The van der Waals surface area contributed by atoms with E-state index in [4.69, 9.17) is 11.6 Å². The SMILES string of the molecule is CC(C)(O)c1cc(Br)c[n+](N)c1N. The molecule has 5 N–H and O–H groups in total. The summed E-state index contributed by atoms with van der Waals surface area (Å²) in [6.45, 7) is 3.32. The molecule has 0 radical (unpaired) electrons. The summed E-state index contributed by atoms with van der Waals surface area (Å²) in [6, 6.07) is 1.75. The summed E-state index contributed by atoms with van der Waals surface area (Å²) >= 11 is 3.27. The minimum atomic E-state index is -0.991. The molecule has 0 bridgehead atoms. The van der Waals surface area contributed by atoms with E-state index < -0.39 is 5.60 Å². The lowest BCUT2D eigenvalue weighted by Crippen LogP contribution is -2.48. The highest BCUT2D eigenvalue weighted by atomic mass is 79.9. The molecule has 1 aromatic rings. The topological polar surface area (TPSA) is 76.1 Å². The van der Waals surface area contributed by atoms with Crippen molar-refractivity contribution in [2.24, 2.45) is 0 Å². The first-order valence-electron chi connectivity index (χ1n) is 3.81. The number of hydrogen-bond acceptors (Lipinski definition) is 3. The van der Waals surface area contributed by atoms with Crippen molar-refractivity contribution >= 4 is 21.7 Å².